The summed E-state index contributed by atoms with van der Waals surface area (Å²) in [5.41, 5.74) is 2.51. The molecule has 1 aromatic carbocycles. The number of alkyl halides is 3. The van der Waals surface area contributed by atoms with Gasteiger partial charge in [0.05, 0.1) is 33.6 Å². The predicted octanol–water partition coefficient (Wildman–Crippen LogP) is 3.25. The van der Waals surface area contributed by atoms with Gasteiger partial charge in [0.25, 0.3) is 0 Å². The number of amides is 1. The minimum Gasteiger partial charge on any atom is -0.369 e. The van der Waals surface area contributed by atoms with Gasteiger partial charge in [-0.2, -0.15) is 13.2 Å². The van der Waals surface area contributed by atoms with Crippen molar-refractivity contribution in [2.75, 3.05) is 11.0 Å². The van der Waals surface area contributed by atoms with Crippen molar-refractivity contribution < 1.29 is 30.8 Å². The molecule has 12 heteroatoms. The Morgan fingerprint density at radius 2 is 1.86 bits per heavy atom. The molecule has 0 saturated carbocycles. The monoisotopic (exact) mass is 453 g/mol. The molecule has 0 saturated heterocycles. The fraction of sp³-hybridized carbons (Fsp3) is 0.294. The maximum atomic E-state index is 14.3. The Labute approximate surface area is 169 Å². The van der Waals surface area contributed by atoms with Crippen molar-refractivity contribution in [2.24, 2.45) is 5.73 Å². The highest BCUT2D eigenvalue weighted by Crippen LogP contribution is 2.35. The average Bonchev–Trinajstić information content (AvgIpc) is 2.56. The van der Waals surface area contributed by atoms with Gasteiger partial charge in [0.15, 0.2) is 0 Å². The van der Waals surface area contributed by atoms with E-state index in [2.05, 4.69) is 4.98 Å². The molecule has 2 aromatic rings. The highest BCUT2D eigenvalue weighted by atomic mass is 35.5. The van der Waals surface area contributed by atoms with Crippen LogP contribution in [0.5, 0.6) is 0 Å². The highest BCUT2D eigenvalue weighted by Gasteiger charge is 2.37. The fourth-order valence-electron chi connectivity index (χ4n) is 2.56. The lowest BCUT2D eigenvalue weighted by atomic mass is 9.77. The molecule has 1 atom stereocenters. The molecule has 1 amide bonds. The molecule has 2 rings (SSSR count). The van der Waals surface area contributed by atoms with Crippen LogP contribution in [0.4, 0.5) is 23.2 Å². The number of halogens is 5. The summed E-state index contributed by atoms with van der Waals surface area (Å²) in [7, 11) is -3.74. The van der Waals surface area contributed by atoms with E-state index in [0.717, 1.165) is 18.4 Å². The molecular weight excluding hydrogens is 438 g/mol. The number of carbonyl (C=O) groups is 1. The minimum absolute atomic E-state index is 0.0419. The molecule has 3 N–H and O–H groups in total. The van der Waals surface area contributed by atoms with Gasteiger partial charge in [-0.25, -0.2) is 12.8 Å². The number of benzene rings is 1. The molecule has 0 aliphatic heterocycles. The van der Waals surface area contributed by atoms with Crippen LogP contribution in [-0.4, -0.2) is 25.6 Å². The van der Waals surface area contributed by atoms with Crippen molar-refractivity contribution in [3.63, 3.8) is 0 Å². The predicted molar refractivity (Wildman–Crippen MR) is 99.4 cm³/mol. The SMILES string of the molecule is CC(Cc1ncc(C(F)(F)F)cc1Cl)(C(N)=O)c1ccc(NS(C)(=O)=O)c(F)c1. The zero-order valence-electron chi connectivity index (χ0n) is 15.1. The first-order chi connectivity index (χ1) is 13.1. The highest BCUT2D eigenvalue weighted by molar-refractivity contribution is 7.92. The Morgan fingerprint density at radius 1 is 1.24 bits per heavy atom. The number of hydrogen-bond acceptors (Lipinski definition) is 4. The molecule has 0 spiro atoms. The number of sulfonamides is 1. The Kier molecular flexibility index (Phi) is 6.15. The summed E-state index contributed by atoms with van der Waals surface area (Å²) >= 11 is 5.90. The number of anilines is 1. The van der Waals surface area contributed by atoms with E-state index >= 15 is 0 Å². The van der Waals surface area contributed by atoms with Gasteiger partial charge in [-0.3, -0.25) is 14.5 Å². The zero-order chi connectivity index (χ0) is 22.2. The molecular formula is C17H16ClF4N3O3S. The standard InChI is InChI=1S/C17H16ClF4N3O3S/c1-16(15(23)26,7-14-11(18)5-10(8-24-14)17(20,21)22)9-3-4-13(12(19)6-9)25-29(2,27)28/h3-6,8,25H,7H2,1-2H3,(H2,23,26). The second-order valence-electron chi connectivity index (χ2n) is 6.59. The number of nitrogens with one attached hydrogen (secondary N) is 1. The first-order valence-electron chi connectivity index (χ1n) is 7.93. The van der Waals surface area contributed by atoms with E-state index < -0.39 is 38.9 Å². The van der Waals surface area contributed by atoms with Gasteiger partial charge < -0.3 is 5.73 Å². The van der Waals surface area contributed by atoms with E-state index in [1.165, 1.54) is 13.0 Å². The summed E-state index contributed by atoms with van der Waals surface area (Å²) in [6.45, 7) is 1.35. The molecule has 1 heterocycles. The molecule has 0 aliphatic carbocycles. The van der Waals surface area contributed by atoms with Crippen molar-refractivity contribution >= 4 is 33.2 Å². The van der Waals surface area contributed by atoms with Gasteiger partial charge in [-0.05, 0) is 30.7 Å². The second-order valence-corrected chi connectivity index (χ2v) is 8.75. The lowest BCUT2D eigenvalue weighted by molar-refractivity contribution is -0.137. The number of hydrogen-bond donors (Lipinski definition) is 2. The molecule has 0 fully saturated rings. The van der Waals surface area contributed by atoms with Crippen LogP contribution in [0.25, 0.3) is 0 Å². The van der Waals surface area contributed by atoms with Crippen LogP contribution in [0, 0.1) is 5.82 Å². The number of primary amides is 1. The maximum Gasteiger partial charge on any atom is 0.417 e. The van der Waals surface area contributed by atoms with Gasteiger partial charge in [-0.15, -0.1) is 0 Å². The van der Waals surface area contributed by atoms with E-state index in [1.807, 2.05) is 4.72 Å². The lowest BCUT2D eigenvalue weighted by Gasteiger charge is -2.27. The number of nitrogens with two attached hydrogens (primary N) is 1. The summed E-state index contributed by atoms with van der Waals surface area (Å²) in [4.78, 5) is 15.8. The third kappa shape index (κ3) is 5.36. The Balaban J connectivity index is 2.45. The molecule has 6 nitrogen and oxygen atoms in total. The van der Waals surface area contributed by atoms with Crippen LogP contribution in [0.2, 0.25) is 5.02 Å². The van der Waals surface area contributed by atoms with Gasteiger partial charge in [0.1, 0.15) is 5.82 Å². The first kappa shape index (κ1) is 22.9. The van der Waals surface area contributed by atoms with Gasteiger partial charge in [0.2, 0.25) is 15.9 Å². The lowest BCUT2D eigenvalue weighted by Crippen LogP contribution is -2.41. The van der Waals surface area contributed by atoms with Crippen LogP contribution in [0.15, 0.2) is 30.5 Å². The largest absolute Gasteiger partial charge is 0.417 e. The molecule has 29 heavy (non-hydrogen) atoms. The maximum absolute atomic E-state index is 14.3. The van der Waals surface area contributed by atoms with E-state index in [-0.39, 0.29) is 28.4 Å². The van der Waals surface area contributed by atoms with Gasteiger partial charge in [0, 0.05) is 12.6 Å². The fourth-order valence-corrected chi connectivity index (χ4v) is 3.36. The van der Waals surface area contributed by atoms with Crippen LogP contribution < -0.4 is 10.5 Å². The van der Waals surface area contributed by atoms with Crippen molar-refractivity contribution in [1.29, 1.82) is 0 Å². The number of carbonyl (C=O) groups excluding carboxylic acids is 1. The Bertz CT molecular complexity index is 1060. The quantitative estimate of drug-likeness (QED) is 0.655. The van der Waals surface area contributed by atoms with Crippen molar-refractivity contribution in [2.45, 2.75) is 24.9 Å². The second kappa shape index (κ2) is 7.79. The topological polar surface area (TPSA) is 102 Å². The minimum atomic E-state index is -4.65. The number of rotatable bonds is 6. The summed E-state index contributed by atoms with van der Waals surface area (Å²) in [6.07, 6.45) is -3.54. The summed E-state index contributed by atoms with van der Waals surface area (Å²) in [6, 6.07) is 3.97. The molecule has 1 unspecified atom stereocenters. The summed E-state index contributed by atoms with van der Waals surface area (Å²) < 4.78 is 77.1. The molecule has 0 aliphatic rings. The van der Waals surface area contributed by atoms with Crippen LogP contribution in [0.1, 0.15) is 23.7 Å². The van der Waals surface area contributed by atoms with Crippen molar-refractivity contribution in [3.05, 3.63) is 58.1 Å². The number of nitrogens with zero attached hydrogens (tertiary/aromatic N) is 1. The van der Waals surface area contributed by atoms with Gasteiger partial charge >= 0.3 is 6.18 Å². The first-order valence-corrected chi connectivity index (χ1v) is 10.2. The Hall–Kier alpha value is -2.40. The van der Waals surface area contributed by atoms with Gasteiger partial charge in [-0.1, -0.05) is 17.7 Å². The number of aromatic nitrogens is 1. The summed E-state index contributed by atoms with van der Waals surface area (Å²) in [5.74, 6) is -1.87. The van der Waals surface area contributed by atoms with Crippen molar-refractivity contribution in [1.82, 2.24) is 4.98 Å². The average molecular weight is 454 g/mol. The third-order valence-electron chi connectivity index (χ3n) is 4.21. The van der Waals surface area contributed by atoms with Crippen LogP contribution in [0.3, 0.4) is 0 Å². The summed E-state index contributed by atoms with van der Waals surface area (Å²) in [5, 5.41) is -0.330. The van der Waals surface area contributed by atoms with E-state index in [1.54, 1.807) is 0 Å². The Morgan fingerprint density at radius 3 is 2.31 bits per heavy atom. The van der Waals surface area contributed by atoms with Crippen LogP contribution >= 0.6 is 11.6 Å². The van der Waals surface area contributed by atoms with E-state index in [9.17, 15) is 30.8 Å². The van der Waals surface area contributed by atoms with Crippen LogP contribution in [-0.2, 0) is 32.8 Å². The molecule has 0 radical (unpaired) electrons. The number of pyridine rings is 1. The normalized spacial score (nSPS) is 14.3. The zero-order valence-corrected chi connectivity index (χ0v) is 16.7. The van der Waals surface area contributed by atoms with Crippen molar-refractivity contribution in [3.8, 4) is 0 Å². The van der Waals surface area contributed by atoms with E-state index in [0.29, 0.717) is 12.3 Å². The molecule has 0 bridgehead atoms. The third-order valence-corrected chi connectivity index (χ3v) is 5.13. The molecule has 1 aromatic heterocycles. The van der Waals surface area contributed by atoms with E-state index in [4.69, 9.17) is 17.3 Å². The molecule has 158 valence electrons. The smallest absolute Gasteiger partial charge is 0.369 e.